The maximum Gasteiger partial charge on any atom is 0.166 e. The molecule has 3 heteroatoms. The Kier molecular flexibility index (Phi) is 4.88. The third-order valence-electron chi connectivity index (χ3n) is 3.06. The lowest BCUT2D eigenvalue weighted by molar-refractivity contribution is 0.112. The quantitative estimate of drug-likeness (QED) is 0.708. The van der Waals surface area contributed by atoms with Crippen LogP contribution in [0.4, 0.5) is 4.39 Å². The van der Waals surface area contributed by atoms with Crippen molar-refractivity contribution >= 4 is 6.29 Å². The van der Waals surface area contributed by atoms with Gasteiger partial charge >= 0.3 is 0 Å². The Morgan fingerprint density at radius 3 is 2.50 bits per heavy atom. The average Bonchev–Trinajstić information content (AvgIpc) is 2.48. The molecule has 20 heavy (non-hydrogen) atoms. The van der Waals surface area contributed by atoms with Crippen LogP contribution in [0.1, 0.15) is 35.7 Å². The molecule has 104 valence electrons. The van der Waals surface area contributed by atoms with Crippen LogP contribution < -0.4 is 4.74 Å². The number of hydrogen-bond acceptors (Lipinski definition) is 2. The summed E-state index contributed by atoms with van der Waals surface area (Å²) in [5.41, 5.74) is 1.54. The van der Waals surface area contributed by atoms with Crippen LogP contribution in [0.15, 0.2) is 42.5 Å². The Balaban J connectivity index is 2.08. The van der Waals surface area contributed by atoms with E-state index in [0.29, 0.717) is 17.6 Å². The van der Waals surface area contributed by atoms with Crippen LogP contribution in [0, 0.1) is 5.82 Å². The molecule has 0 aliphatic heterocycles. The second-order valence-electron chi connectivity index (χ2n) is 4.66. The van der Waals surface area contributed by atoms with Gasteiger partial charge in [-0.3, -0.25) is 4.79 Å². The van der Waals surface area contributed by atoms with Crippen LogP contribution in [0.3, 0.4) is 0 Å². The van der Waals surface area contributed by atoms with Crippen molar-refractivity contribution in [2.75, 3.05) is 0 Å². The van der Waals surface area contributed by atoms with Gasteiger partial charge in [0, 0.05) is 5.56 Å². The van der Waals surface area contributed by atoms with Crippen LogP contribution in [0.2, 0.25) is 0 Å². The van der Waals surface area contributed by atoms with E-state index < -0.39 is 5.82 Å². The molecule has 0 radical (unpaired) electrons. The molecule has 0 saturated heterocycles. The van der Waals surface area contributed by atoms with Gasteiger partial charge in [0.2, 0.25) is 0 Å². The van der Waals surface area contributed by atoms with Crippen molar-refractivity contribution < 1.29 is 13.9 Å². The molecule has 2 aromatic rings. The monoisotopic (exact) mass is 272 g/mol. The van der Waals surface area contributed by atoms with E-state index in [2.05, 4.69) is 6.92 Å². The van der Waals surface area contributed by atoms with Gasteiger partial charge in [0.25, 0.3) is 0 Å². The van der Waals surface area contributed by atoms with E-state index in [1.54, 1.807) is 0 Å². The molecule has 0 aliphatic rings. The molecule has 0 unspecified atom stereocenters. The average molecular weight is 272 g/mol. The van der Waals surface area contributed by atoms with E-state index in [9.17, 15) is 9.18 Å². The third-order valence-corrected chi connectivity index (χ3v) is 3.06. The molecule has 2 nitrogen and oxygen atoms in total. The third kappa shape index (κ3) is 3.67. The molecule has 2 aromatic carbocycles. The summed E-state index contributed by atoms with van der Waals surface area (Å²) in [5, 5.41) is 0. The maximum atomic E-state index is 13.7. The number of aldehydes is 1. The van der Waals surface area contributed by atoms with E-state index in [0.717, 1.165) is 25.3 Å². The minimum atomic E-state index is -0.537. The highest BCUT2D eigenvalue weighted by atomic mass is 19.1. The molecular formula is C17H17FO2. The lowest BCUT2D eigenvalue weighted by atomic mass is 10.1. The number of rotatable bonds is 6. The van der Waals surface area contributed by atoms with Gasteiger partial charge in [0.05, 0.1) is 0 Å². The summed E-state index contributed by atoms with van der Waals surface area (Å²) in [7, 11) is 0. The van der Waals surface area contributed by atoms with Crippen molar-refractivity contribution in [2.45, 2.75) is 26.2 Å². The summed E-state index contributed by atoms with van der Waals surface area (Å²) in [6, 6.07) is 11.8. The van der Waals surface area contributed by atoms with Gasteiger partial charge in [-0.05, 0) is 48.7 Å². The summed E-state index contributed by atoms with van der Waals surface area (Å²) in [6.07, 6.45) is 3.96. The summed E-state index contributed by atoms with van der Waals surface area (Å²) in [5.74, 6) is 0.171. The van der Waals surface area contributed by atoms with Gasteiger partial charge < -0.3 is 4.74 Å². The molecule has 2 rings (SSSR count). The van der Waals surface area contributed by atoms with Gasteiger partial charge in [-0.1, -0.05) is 25.5 Å². The fourth-order valence-corrected chi connectivity index (χ4v) is 1.91. The summed E-state index contributed by atoms with van der Waals surface area (Å²) in [6.45, 7) is 2.16. The zero-order valence-corrected chi connectivity index (χ0v) is 11.4. The van der Waals surface area contributed by atoms with Crippen LogP contribution in [-0.2, 0) is 6.42 Å². The van der Waals surface area contributed by atoms with E-state index in [-0.39, 0.29) is 5.75 Å². The number of halogens is 1. The maximum absolute atomic E-state index is 13.7. The molecule has 0 amide bonds. The highest BCUT2D eigenvalue weighted by molar-refractivity contribution is 5.75. The van der Waals surface area contributed by atoms with E-state index >= 15 is 0 Å². The zero-order chi connectivity index (χ0) is 14.4. The first-order chi connectivity index (χ1) is 9.72. The van der Waals surface area contributed by atoms with E-state index in [1.807, 2.05) is 24.3 Å². The van der Waals surface area contributed by atoms with E-state index in [1.165, 1.54) is 17.7 Å². The largest absolute Gasteiger partial charge is 0.454 e. The highest BCUT2D eigenvalue weighted by Gasteiger charge is 2.06. The Hall–Kier alpha value is -2.16. The predicted octanol–water partition coefficient (Wildman–Crippen LogP) is 4.77. The SMILES string of the molecule is CCCCc1ccc(Oc2ccc(C=O)cc2F)cc1. The molecule has 0 bridgehead atoms. The van der Waals surface area contributed by atoms with Crippen LogP contribution in [0.25, 0.3) is 0 Å². The number of unbranched alkanes of at least 4 members (excludes halogenated alkanes) is 1. The lowest BCUT2D eigenvalue weighted by Gasteiger charge is -2.08. The van der Waals surface area contributed by atoms with Gasteiger partial charge in [-0.25, -0.2) is 4.39 Å². The number of carbonyl (C=O) groups excluding carboxylic acids is 1. The molecule has 0 heterocycles. The van der Waals surface area contributed by atoms with Crippen molar-refractivity contribution in [2.24, 2.45) is 0 Å². The molecule has 0 aliphatic carbocycles. The van der Waals surface area contributed by atoms with Gasteiger partial charge in [-0.2, -0.15) is 0 Å². The molecule has 0 spiro atoms. The summed E-state index contributed by atoms with van der Waals surface area (Å²) in [4.78, 5) is 10.5. The number of carbonyl (C=O) groups is 1. The van der Waals surface area contributed by atoms with Crippen LogP contribution in [0.5, 0.6) is 11.5 Å². The van der Waals surface area contributed by atoms with Gasteiger partial charge in [0.15, 0.2) is 11.6 Å². The van der Waals surface area contributed by atoms with Crippen LogP contribution in [-0.4, -0.2) is 6.29 Å². The standard InChI is InChI=1S/C17H17FO2/c1-2-3-4-13-5-8-15(9-6-13)20-17-10-7-14(12-19)11-16(17)18/h5-12H,2-4H2,1H3. The summed E-state index contributed by atoms with van der Waals surface area (Å²) >= 11 is 0. The Morgan fingerprint density at radius 2 is 1.90 bits per heavy atom. The first-order valence-corrected chi connectivity index (χ1v) is 6.74. The number of aryl methyl sites for hydroxylation is 1. The fraction of sp³-hybridized carbons (Fsp3) is 0.235. The Labute approximate surface area is 118 Å². The first-order valence-electron chi connectivity index (χ1n) is 6.74. The molecule has 0 aromatic heterocycles. The topological polar surface area (TPSA) is 26.3 Å². The van der Waals surface area contributed by atoms with Crippen LogP contribution >= 0.6 is 0 Å². The molecule has 0 saturated carbocycles. The molecule has 0 atom stereocenters. The second kappa shape index (κ2) is 6.85. The van der Waals surface area contributed by atoms with Crippen molar-refractivity contribution in [1.29, 1.82) is 0 Å². The van der Waals surface area contributed by atoms with Crippen molar-refractivity contribution in [1.82, 2.24) is 0 Å². The fourth-order valence-electron chi connectivity index (χ4n) is 1.91. The van der Waals surface area contributed by atoms with Crippen molar-refractivity contribution in [3.8, 4) is 11.5 Å². The lowest BCUT2D eigenvalue weighted by Crippen LogP contribution is -1.91. The number of benzene rings is 2. The number of hydrogen-bond donors (Lipinski definition) is 0. The van der Waals surface area contributed by atoms with Gasteiger partial charge in [0.1, 0.15) is 12.0 Å². The molecule has 0 N–H and O–H groups in total. The smallest absolute Gasteiger partial charge is 0.166 e. The Bertz CT molecular complexity index is 576. The van der Waals surface area contributed by atoms with E-state index in [4.69, 9.17) is 4.74 Å². The predicted molar refractivity (Wildman–Crippen MR) is 76.9 cm³/mol. The highest BCUT2D eigenvalue weighted by Crippen LogP contribution is 2.25. The second-order valence-corrected chi connectivity index (χ2v) is 4.66. The Morgan fingerprint density at radius 1 is 1.15 bits per heavy atom. The molecule has 0 fully saturated rings. The normalized spacial score (nSPS) is 10.3. The van der Waals surface area contributed by atoms with Crippen molar-refractivity contribution in [3.63, 3.8) is 0 Å². The van der Waals surface area contributed by atoms with Gasteiger partial charge in [-0.15, -0.1) is 0 Å². The first kappa shape index (κ1) is 14.3. The summed E-state index contributed by atoms with van der Waals surface area (Å²) < 4.78 is 19.2. The van der Waals surface area contributed by atoms with Crippen molar-refractivity contribution in [3.05, 3.63) is 59.4 Å². The minimum Gasteiger partial charge on any atom is -0.454 e. The number of ether oxygens (including phenoxy) is 1. The molecular weight excluding hydrogens is 255 g/mol. The minimum absolute atomic E-state index is 0.122. The zero-order valence-electron chi connectivity index (χ0n) is 11.4.